The van der Waals surface area contributed by atoms with E-state index in [1.54, 1.807) is 4.90 Å². The maximum Gasteiger partial charge on any atom is 0.312 e. The maximum absolute atomic E-state index is 13.0. The molecule has 0 saturated carbocycles. The van der Waals surface area contributed by atoms with E-state index in [0.29, 0.717) is 37.2 Å². The Bertz CT molecular complexity index is 998. The van der Waals surface area contributed by atoms with E-state index in [1.165, 1.54) is 15.9 Å². The summed E-state index contributed by atoms with van der Waals surface area (Å²) in [4.78, 5) is 70.1. The highest BCUT2D eigenvalue weighted by Gasteiger charge is 2.35. The van der Waals surface area contributed by atoms with Crippen molar-refractivity contribution in [2.24, 2.45) is 5.41 Å². The van der Waals surface area contributed by atoms with Crippen LogP contribution >= 0.6 is 0 Å². The molecule has 0 atom stereocenters. The maximum atomic E-state index is 13.0. The molecule has 0 radical (unpaired) electrons. The van der Waals surface area contributed by atoms with Gasteiger partial charge in [-0.2, -0.15) is 0 Å². The Morgan fingerprint density at radius 1 is 0.839 bits per heavy atom. The van der Waals surface area contributed by atoms with Crippen molar-refractivity contribution in [1.82, 2.24) is 19.7 Å². The Morgan fingerprint density at radius 2 is 1.39 bits per heavy atom. The molecule has 0 spiro atoms. The molecule has 9 nitrogen and oxygen atoms in total. The van der Waals surface area contributed by atoms with Crippen LogP contribution in [0.25, 0.3) is 0 Å². The number of likely N-dealkylation sites (tertiary alicyclic amines) is 1. The van der Waals surface area contributed by atoms with Gasteiger partial charge in [0.05, 0.1) is 0 Å². The highest BCUT2D eigenvalue weighted by molar-refractivity contribution is 6.35. The number of hydrogen-bond acceptors (Lipinski definition) is 5. The van der Waals surface area contributed by atoms with Crippen molar-refractivity contribution in [2.45, 2.75) is 39.5 Å². The van der Waals surface area contributed by atoms with Gasteiger partial charge in [0, 0.05) is 56.9 Å². The van der Waals surface area contributed by atoms with Crippen LogP contribution in [-0.2, 0) is 16.0 Å². The van der Waals surface area contributed by atoms with Gasteiger partial charge in [-0.15, -0.1) is 0 Å². The zero-order valence-electron chi connectivity index (χ0n) is 18.0. The SMILES string of the molecule is CC1(C)CC(=O)c2cc(C(=O)N3CCN(C(=O)C(=O)N4CCCC4)CC3)c(=O)[nH]c2C1. The van der Waals surface area contributed by atoms with Gasteiger partial charge in [0.25, 0.3) is 11.5 Å². The fourth-order valence-corrected chi connectivity index (χ4v) is 4.66. The number of pyridine rings is 1. The highest BCUT2D eigenvalue weighted by Crippen LogP contribution is 2.33. The average Bonchev–Trinajstić information content (AvgIpc) is 3.26. The summed E-state index contributed by atoms with van der Waals surface area (Å²) in [6.07, 6.45) is 2.77. The van der Waals surface area contributed by atoms with E-state index >= 15 is 0 Å². The minimum atomic E-state index is -0.533. The Labute approximate surface area is 180 Å². The number of Topliss-reactive ketones (excluding diaryl/α,β-unsaturated/α-hetero) is 1. The number of nitrogens with zero attached hydrogens (tertiary/aromatic N) is 3. The monoisotopic (exact) mass is 428 g/mol. The molecule has 3 amide bonds. The lowest BCUT2D eigenvalue weighted by Gasteiger charge is -2.35. The number of fused-ring (bicyclic) bond motifs is 1. The molecule has 1 aliphatic carbocycles. The summed E-state index contributed by atoms with van der Waals surface area (Å²) in [5.41, 5.74) is 0.205. The van der Waals surface area contributed by atoms with Gasteiger partial charge in [-0.1, -0.05) is 13.8 Å². The molecule has 166 valence electrons. The third kappa shape index (κ3) is 4.13. The normalized spacial score (nSPS) is 20.6. The lowest BCUT2D eigenvalue weighted by atomic mass is 9.75. The van der Waals surface area contributed by atoms with E-state index in [9.17, 15) is 24.0 Å². The quantitative estimate of drug-likeness (QED) is 0.653. The molecule has 0 bridgehead atoms. The van der Waals surface area contributed by atoms with Crippen LogP contribution in [-0.4, -0.2) is 82.5 Å². The summed E-state index contributed by atoms with van der Waals surface area (Å²) in [7, 11) is 0. The smallest absolute Gasteiger partial charge is 0.312 e. The molecule has 2 fully saturated rings. The van der Waals surface area contributed by atoms with E-state index in [1.807, 2.05) is 13.8 Å². The third-order valence-electron chi connectivity index (χ3n) is 6.38. The average molecular weight is 428 g/mol. The van der Waals surface area contributed by atoms with Crippen molar-refractivity contribution in [3.8, 4) is 0 Å². The third-order valence-corrected chi connectivity index (χ3v) is 6.38. The minimum Gasteiger partial charge on any atom is -0.335 e. The largest absolute Gasteiger partial charge is 0.335 e. The fourth-order valence-electron chi connectivity index (χ4n) is 4.66. The van der Waals surface area contributed by atoms with Crippen LogP contribution in [0.3, 0.4) is 0 Å². The molecule has 1 N–H and O–H groups in total. The number of hydrogen-bond donors (Lipinski definition) is 1. The number of amides is 3. The highest BCUT2D eigenvalue weighted by atomic mass is 16.2. The number of aromatic nitrogens is 1. The molecule has 2 saturated heterocycles. The van der Waals surface area contributed by atoms with Gasteiger partial charge in [-0.3, -0.25) is 24.0 Å². The van der Waals surface area contributed by atoms with Gasteiger partial charge < -0.3 is 19.7 Å². The molecule has 0 unspecified atom stereocenters. The van der Waals surface area contributed by atoms with Gasteiger partial charge in [-0.25, -0.2) is 0 Å². The second kappa shape index (κ2) is 7.94. The second-order valence-electron chi connectivity index (χ2n) is 9.43. The molecule has 3 heterocycles. The van der Waals surface area contributed by atoms with Crippen molar-refractivity contribution >= 4 is 23.5 Å². The van der Waals surface area contributed by atoms with E-state index in [4.69, 9.17) is 0 Å². The first-order chi connectivity index (χ1) is 14.7. The Hall–Kier alpha value is -2.97. The van der Waals surface area contributed by atoms with Crippen molar-refractivity contribution in [3.63, 3.8) is 0 Å². The number of nitrogens with one attached hydrogen (secondary N) is 1. The molecular formula is C22H28N4O5. The topological polar surface area (TPSA) is 111 Å². The molecule has 1 aromatic rings. The van der Waals surface area contributed by atoms with Crippen LogP contribution in [0.15, 0.2) is 10.9 Å². The zero-order chi connectivity index (χ0) is 22.3. The standard InChI is InChI=1S/C22H28N4O5/c1-22(2)12-16-14(17(27)13-22)11-15(18(28)23-16)19(29)25-7-9-26(10-8-25)21(31)20(30)24-5-3-4-6-24/h11H,3-10,12-13H2,1-2H3,(H,23,28). The van der Waals surface area contributed by atoms with Crippen LogP contribution < -0.4 is 5.56 Å². The predicted molar refractivity (Wildman–Crippen MR) is 112 cm³/mol. The Morgan fingerprint density at radius 3 is 2.00 bits per heavy atom. The fraction of sp³-hybridized carbons (Fsp3) is 0.591. The van der Waals surface area contributed by atoms with Gasteiger partial charge >= 0.3 is 11.8 Å². The molecular weight excluding hydrogens is 400 g/mol. The van der Waals surface area contributed by atoms with Crippen LogP contribution in [0.5, 0.6) is 0 Å². The van der Waals surface area contributed by atoms with Gasteiger partial charge in [0.1, 0.15) is 5.56 Å². The van der Waals surface area contributed by atoms with Crippen LogP contribution in [0.4, 0.5) is 0 Å². The number of H-pyrrole nitrogens is 1. The van der Waals surface area contributed by atoms with Crippen LogP contribution in [0.2, 0.25) is 0 Å². The van der Waals surface area contributed by atoms with E-state index in [2.05, 4.69) is 4.98 Å². The summed E-state index contributed by atoms with van der Waals surface area (Å²) in [6.45, 7) is 6.10. The second-order valence-corrected chi connectivity index (χ2v) is 9.43. The molecule has 3 aliphatic rings. The van der Waals surface area contributed by atoms with E-state index < -0.39 is 23.3 Å². The van der Waals surface area contributed by atoms with Crippen molar-refractivity contribution < 1.29 is 19.2 Å². The number of carbonyl (C=O) groups is 4. The summed E-state index contributed by atoms with van der Waals surface area (Å²) < 4.78 is 0. The summed E-state index contributed by atoms with van der Waals surface area (Å²) in [5, 5.41) is 0. The first-order valence-corrected chi connectivity index (χ1v) is 10.8. The van der Waals surface area contributed by atoms with Crippen LogP contribution in [0.1, 0.15) is 59.5 Å². The van der Waals surface area contributed by atoms with Crippen LogP contribution in [0, 0.1) is 5.41 Å². The van der Waals surface area contributed by atoms with Gasteiger partial charge in [0.2, 0.25) is 0 Å². The lowest BCUT2D eigenvalue weighted by molar-refractivity contribution is -0.152. The Balaban J connectivity index is 1.44. The molecule has 31 heavy (non-hydrogen) atoms. The summed E-state index contributed by atoms with van der Waals surface area (Å²) >= 11 is 0. The van der Waals surface area contributed by atoms with Gasteiger partial charge in [-0.05, 0) is 30.7 Å². The van der Waals surface area contributed by atoms with Gasteiger partial charge in [0.15, 0.2) is 5.78 Å². The Kier molecular flexibility index (Phi) is 5.45. The first kappa shape index (κ1) is 21.3. The number of rotatable bonds is 1. The molecule has 9 heteroatoms. The summed E-state index contributed by atoms with van der Waals surface area (Å²) in [6, 6.07) is 1.42. The van der Waals surface area contributed by atoms with E-state index in [-0.39, 0.29) is 42.9 Å². The number of aromatic amines is 1. The summed E-state index contributed by atoms with van der Waals surface area (Å²) in [5.74, 6) is -1.55. The lowest BCUT2D eigenvalue weighted by Crippen LogP contribution is -2.54. The predicted octanol–water partition coefficient (Wildman–Crippen LogP) is 0.437. The van der Waals surface area contributed by atoms with Crippen molar-refractivity contribution in [2.75, 3.05) is 39.3 Å². The zero-order valence-corrected chi connectivity index (χ0v) is 18.0. The molecule has 1 aromatic heterocycles. The van der Waals surface area contributed by atoms with Crippen molar-refractivity contribution in [1.29, 1.82) is 0 Å². The minimum absolute atomic E-state index is 0.0558. The van der Waals surface area contributed by atoms with E-state index in [0.717, 1.165) is 12.8 Å². The number of carbonyl (C=O) groups excluding carboxylic acids is 4. The first-order valence-electron chi connectivity index (χ1n) is 10.8. The number of piperazine rings is 1. The molecule has 2 aliphatic heterocycles. The number of ketones is 1. The molecule has 0 aromatic carbocycles. The van der Waals surface area contributed by atoms with Crippen molar-refractivity contribution in [3.05, 3.63) is 33.2 Å². The molecule has 4 rings (SSSR count).